The fourth-order valence-corrected chi connectivity index (χ4v) is 2.73. The number of rotatable bonds is 1. The van der Waals surface area contributed by atoms with Crippen LogP contribution < -0.4 is 10.6 Å². The Morgan fingerprint density at radius 3 is 2.61 bits per heavy atom. The minimum absolute atomic E-state index is 0.0744. The second-order valence-corrected chi connectivity index (χ2v) is 5.78. The summed E-state index contributed by atoms with van der Waals surface area (Å²) in [5.41, 5.74) is 3.52. The first-order valence-electron chi connectivity index (χ1n) is 6.04. The Morgan fingerprint density at radius 2 is 1.83 bits per heavy atom. The van der Waals surface area contributed by atoms with Crippen LogP contribution in [0.15, 0.2) is 53.0 Å². The lowest BCUT2D eigenvalue weighted by Crippen LogP contribution is -2.42. The first kappa shape index (κ1) is 11.6. The lowest BCUT2D eigenvalue weighted by atomic mass is 9.89. The van der Waals surface area contributed by atoms with Crippen molar-refractivity contribution in [3.63, 3.8) is 0 Å². The third-order valence-corrected chi connectivity index (χ3v) is 3.93. The monoisotopic (exact) mass is 302 g/mol. The molecule has 0 bridgehead atoms. The fourth-order valence-electron chi connectivity index (χ4n) is 2.37. The minimum Gasteiger partial charge on any atom is -0.381 e. The van der Waals surface area contributed by atoms with E-state index in [1.807, 2.05) is 6.07 Å². The zero-order valence-corrected chi connectivity index (χ0v) is 11.8. The van der Waals surface area contributed by atoms with E-state index in [4.69, 9.17) is 0 Å². The molecule has 3 rings (SSSR count). The van der Waals surface area contributed by atoms with Crippen LogP contribution in [0.1, 0.15) is 12.5 Å². The van der Waals surface area contributed by atoms with Crippen LogP contribution in [0.4, 0.5) is 11.4 Å². The largest absolute Gasteiger partial charge is 0.381 e. The topological polar surface area (TPSA) is 24.1 Å². The van der Waals surface area contributed by atoms with Gasteiger partial charge in [-0.3, -0.25) is 0 Å². The molecule has 0 saturated heterocycles. The second-order valence-electron chi connectivity index (χ2n) is 4.87. The van der Waals surface area contributed by atoms with Gasteiger partial charge in [-0.25, -0.2) is 0 Å². The van der Waals surface area contributed by atoms with Gasteiger partial charge in [-0.15, -0.1) is 0 Å². The van der Waals surface area contributed by atoms with E-state index < -0.39 is 0 Å². The summed E-state index contributed by atoms with van der Waals surface area (Å²) in [6.45, 7) is 3.10. The van der Waals surface area contributed by atoms with Crippen molar-refractivity contribution in [3.05, 3.63) is 58.6 Å². The molecule has 18 heavy (non-hydrogen) atoms. The van der Waals surface area contributed by atoms with Gasteiger partial charge < -0.3 is 10.6 Å². The summed E-state index contributed by atoms with van der Waals surface area (Å²) in [6.07, 6.45) is 0. The Morgan fingerprint density at radius 1 is 1.06 bits per heavy atom. The lowest BCUT2D eigenvalue weighted by Gasteiger charge is -2.38. The molecular weight excluding hydrogens is 288 g/mol. The van der Waals surface area contributed by atoms with Gasteiger partial charge in [-0.1, -0.05) is 46.3 Å². The van der Waals surface area contributed by atoms with Crippen molar-refractivity contribution in [1.82, 2.24) is 0 Å². The number of halogens is 1. The smallest absolute Gasteiger partial charge is 0.0770 e. The maximum Gasteiger partial charge on any atom is 0.0770 e. The van der Waals surface area contributed by atoms with E-state index in [1.165, 1.54) is 5.56 Å². The molecule has 1 aliphatic heterocycles. The highest BCUT2D eigenvalue weighted by Crippen LogP contribution is 2.36. The molecule has 2 aromatic rings. The van der Waals surface area contributed by atoms with Gasteiger partial charge in [0, 0.05) is 11.0 Å². The summed E-state index contributed by atoms with van der Waals surface area (Å²) < 4.78 is 1.09. The summed E-state index contributed by atoms with van der Waals surface area (Å²) in [5, 5.41) is 7.13. The summed E-state index contributed by atoms with van der Waals surface area (Å²) in [6, 6.07) is 16.8. The molecule has 2 aromatic carbocycles. The molecule has 0 aromatic heterocycles. The van der Waals surface area contributed by atoms with Crippen molar-refractivity contribution < 1.29 is 0 Å². The molecule has 0 radical (unpaired) electrons. The molecule has 1 unspecified atom stereocenters. The Hall–Kier alpha value is -1.48. The summed E-state index contributed by atoms with van der Waals surface area (Å²) >= 11 is 3.52. The molecule has 0 aliphatic carbocycles. The van der Waals surface area contributed by atoms with E-state index in [9.17, 15) is 0 Å². The highest BCUT2D eigenvalue weighted by atomic mass is 79.9. The molecule has 92 valence electrons. The Balaban J connectivity index is 1.99. The van der Waals surface area contributed by atoms with Crippen LogP contribution in [-0.4, -0.2) is 6.54 Å². The SMILES string of the molecule is CC1(c2ccccc2)CNc2ccc(Br)cc2N1. The van der Waals surface area contributed by atoms with Crippen LogP contribution in [0.3, 0.4) is 0 Å². The quantitative estimate of drug-likeness (QED) is 0.825. The van der Waals surface area contributed by atoms with Crippen LogP contribution in [0.5, 0.6) is 0 Å². The molecular formula is C15H15BrN2. The Labute approximate surface area is 116 Å². The molecule has 1 atom stereocenters. The molecule has 2 nitrogen and oxygen atoms in total. The molecule has 0 saturated carbocycles. The predicted octanol–water partition coefficient (Wildman–Crippen LogP) is 4.20. The predicted molar refractivity (Wildman–Crippen MR) is 80.0 cm³/mol. The number of hydrogen-bond acceptors (Lipinski definition) is 2. The third kappa shape index (κ3) is 1.99. The standard InChI is InChI=1S/C15H15BrN2/c1-15(11-5-3-2-4-6-11)10-17-13-8-7-12(16)9-14(13)18-15/h2-9,17-18H,10H2,1H3. The van der Waals surface area contributed by atoms with E-state index in [0.29, 0.717) is 0 Å². The molecule has 0 fully saturated rings. The zero-order chi connectivity index (χ0) is 12.6. The average Bonchev–Trinajstić information content (AvgIpc) is 2.39. The van der Waals surface area contributed by atoms with E-state index in [1.54, 1.807) is 0 Å². The highest BCUT2D eigenvalue weighted by molar-refractivity contribution is 9.10. The van der Waals surface area contributed by atoms with Crippen molar-refractivity contribution >= 4 is 27.3 Å². The molecule has 1 heterocycles. The normalized spacial score (nSPS) is 21.7. The average molecular weight is 303 g/mol. The molecule has 1 aliphatic rings. The number of benzene rings is 2. The van der Waals surface area contributed by atoms with Crippen LogP contribution in [0.2, 0.25) is 0 Å². The van der Waals surface area contributed by atoms with Crippen LogP contribution in [0, 0.1) is 0 Å². The maximum absolute atomic E-state index is 3.64. The van der Waals surface area contributed by atoms with Crippen LogP contribution >= 0.6 is 15.9 Å². The van der Waals surface area contributed by atoms with Crippen molar-refractivity contribution in [3.8, 4) is 0 Å². The summed E-state index contributed by atoms with van der Waals surface area (Å²) in [7, 11) is 0. The van der Waals surface area contributed by atoms with Gasteiger partial charge in [0.2, 0.25) is 0 Å². The van der Waals surface area contributed by atoms with E-state index in [-0.39, 0.29) is 5.54 Å². The second kappa shape index (κ2) is 4.32. The summed E-state index contributed by atoms with van der Waals surface area (Å²) in [5.74, 6) is 0. The van der Waals surface area contributed by atoms with E-state index in [0.717, 1.165) is 22.4 Å². The zero-order valence-electron chi connectivity index (χ0n) is 10.2. The number of anilines is 2. The summed E-state index contributed by atoms with van der Waals surface area (Å²) in [4.78, 5) is 0. The minimum atomic E-state index is -0.0744. The van der Waals surface area contributed by atoms with E-state index >= 15 is 0 Å². The van der Waals surface area contributed by atoms with Crippen molar-refractivity contribution in [2.45, 2.75) is 12.5 Å². The Kier molecular flexibility index (Phi) is 2.78. The van der Waals surface area contributed by atoms with Crippen LogP contribution in [-0.2, 0) is 5.54 Å². The van der Waals surface area contributed by atoms with Gasteiger partial charge >= 0.3 is 0 Å². The van der Waals surface area contributed by atoms with Crippen molar-refractivity contribution in [2.24, 2.45) is 0 Å². The highest BCUT2D eigenvalue weighted by Gasteiger charge is 2.30. The van der Waals surface area contributed by atoms with Gasteiger partial charge in [0.1, 0.15) is 0 Å². The first-order chi connectivity index (χ1) is 8.67. The number of nitrogens with one attached hydrogen (secondary N) is 2. The van der Waals surface area contributed by atoms with E-state index in [2.05, 4.69) is 76.0 Å². The number of hydrogen-bond donors (Lipinski definition) is 2. The van der Waals surface area contributed by atoms with Gasteiger partial charge in [0.15, 0.2) is 0 Å². The molecule has 0 amide bonds. The van der Waals surface area contributed by atoms with Gasteiger partial charge in [-0.2, -0.15) is 0 Å². The van der Waals surface area contributed by atoms with Gasteiger partial charge in [-0.05, 0) is 30.7 Å². The maximum atomic E-state index is 3.64. The lowest BCUT2D eigenvalue weighted by molar-refractivity contribution is 0.565. The van der Waals surface area contributed by atoms with Crippen LogP contribution in [0.25, 0.3) is 0 Å². The van der Waals surface area contributed by atoms with Gasteiger partial charge in [0.25, 0.3) is 0 Å². The number of fused-ring (bicyclic) bond motifs is 1. The van der Waals surface area contributed by atoms with Crippen molar-refractivity contribution in [2.75, 3.05) is 17.2 Å². The molecule has 2 N–H and O–H groups in total. The van der Waals surface area contributed by atoms with Crippen molar-refractivity contribution in [1.29, 1.82) is 0 Å². The fraction of sp³-hybridized carbons (Fsp3) is 0.200. The Bertz CT molecular complexity index is 568. The first-order valence-corrected chi connectivity index (χ1v) is 6.84. The molecule has 3 heteroatoms. The molecule has 0 spiro atoms. The van der Waals surface area contributed by atoms with Gasteiger partial charge in [0.05, 0.1) is 16.9 Å². The third-order valence-electron chi connectivity index (χ3n) is 3.44.